The van der Waals surface area contributed by atoms with E-state index in [4.69, 9.17) is 22.8 Å². The Morgan fingerprint density at radius 1 is 1.58 bits per heavy atom. The average molecular weight is 284 g/mol. The van der Waals surface area contributed by atoms with Gasteiger partial charge in [0.2, 0.25) is 0 Å². The fourth-order valence-electron chi connectivity index (χ4n) is 1.46. The molecule has 0 aromatic carbocycles. The van der Waals surface area contributed by atoms with Crippen molar-refractivity contribution in [3.63, 3.8) is 0 Å². The second kappa shape index (κ2) is 8.57. The number of nitrogens with one attached hydrogen (secondary N) is 1. The maximum absolute atomic E-state index is 12.0. The van der Waals surface area contributed by atoms with Gasteiger partial charge in [-0.3, -0.25) is 4.79 Å². The SMILES string of the molecule is C#CCn1ncc(Cl)c(NCCCOCCC)c1=O. The molecule has 0 radical (unpaired) electrons. The van der Waals surface area contributed by atoms with Gasteiger partial charge < -0.3 is 10.1 Å². The molecule has 19 heavy (non-hydrogen) atoms. The molecule has 0 unspecified atom stereocenters. The summed E-state index contributed by atoms with van der Waals surface area (Å²) in [6.07, 6.45) is 8.38. The molecule has 0 fully saturated rings. The van der Waals surface area contributed by atoms with E-state index in [1.54, 1.807) is 0 Å². The molecule has 0 aliphatic heterocycles. The van der Waals surface area contributed by atoms with Crippen molar-refractivity contribution in [1.82, 2.24) is 9.78 Å². The van der Waals surface area contributed by atoms with Gasteiger partial charge in [-0.1, -0.05) is 24.4 Å². The monoisotopic (exact) mass is 283 g/mol. The number of hydrogen-bond acceptors (Lipinski definition) is 4. The standard InChI is InChI=1S/C13H18ClN3O2/c1-3-7-17-13(18)12(11(14)10-16-17)15-6-5-9-19-8-4-2/h1,10,15H,4-9H2,2H3. The molecule has 0 bridgehead atoms. The lowest BCUT2D eigenvalue weighted by atomic mass is 10.4. The van der Waals surface area contributed by atoms with Crippen molar-refractivity contribution in [1.29, 1.82) is 0 Å². The Morgan fingerprint density at radius 3 is 3.05 bits per heavy atom. The number of hydrogen-bond donors (Lipinski definition) is 1. The van der Waals surface area contributed by atoms with Crippen LogP contribution in [-0.2, 0) is 11.3 Å². The quantitative estimate of drug-likeness (QED) is 0.583. The van der Waals surface area contributed by atoms with Crippen LogP contribution in [0.4, 0.5) is 5.69 Å². The molecule has 1 rings (SSSR count). The Morgan fingerprint density at radius 2 is 2.37 bits per heavy atom. The van der Waals surface area contributed by atoms with E-state index in [1.165, 1.54) is 10.9 Å². The van der Waals surface area contributed by atoms with Gasteiger partial charge in [-0.15, -0.1) is 6.42 Å². The number of anilines is 1. The summed E-state index contributed by atoms with van der Waals surface area (Å²) >= 11 is 5.94. The van der Waals surface area contributed by atoms with Crippen LogP contribution in [0.2, 0.25) is 5.02 Å². The third-order valence-corrected chi connectivity index (χ3v) is 2.64. The molecule has 104 valence electrons. The zero-order chi connectivity index (χ0) is 14.1. The highest BCUT2D eigenvalue weighted by atomic mass is 35.5. The van der Waals surface area contributed by atoms with Crippen LogP contribution >= 0.6 is 11.6 Å². The summed E-state index contributed by atoms with van der Waals surface area (Å²) in [5, 5.41) is 7.16. The summed E-state index contributed by atoms with van der Waals surface area (Å²) in [5.41, 5.74) is 0.0299. The molecule has 1 N–H and O–H groups in total. The Balaban J connectivity index is 2.55. The Kier molecular flexibility index (Phi) is 7.01. The van der Waals surface area contributed by atoms with Crippen molar-refractivity contribution in [2.45, 2.75) is 26.3 Å². The van der Waals surface area contributed by atoms with E-state index in [9.17, 15) is 4.79 Å². The maximum atomic E-state index is 12.0. The van der Waals surface area contributed by atoms with Crippen molar-refractivity contribution >= 4 is 17.3 Å². The molecular formula is C13H18ClN3O2. The van der Waals surface area contributed by atoms with Crippen molar-refractivity contribution in [3.8, 4) is 12.3 Å². The largest absolute Gasteiger partial charge is 0.381 e. The molecule has 5 nitrogen and oxygen atoms in total. The first-order chi connectivity index (χ1) is 9.20. The average Bonchev–Trinajstić information content (AvgIpc) is 2.40. The lowest BCUT2D eigenvalue weighted by Crippen LogP contribution is -2.26. The van der Waals surface area contributed by atoms with Crippen LogP contribution in [0, 0.1) is 12.3 Å². The van der Waals surface area contributed by atoms with Gasteiger partial charge >= 0.3 is 0 Å². The summed E-state index contributed by atoms with van der Waals surface area (Å²) in [6.45, 7) is 4.21. The smallest absolute Gasteiger partial charge is 0.292 e. The first-order valence-electron chi connectivity index (χ1n) is 6.21. The normalized spacial score (nSPS) is 10.2. The molecule has 6 heteroatoms. The van der Waals surface area contributed by atoms with Crippen LogP contribution in [0.15, 0.2) is 11.0 Å². The fraction of sp³-hybridized carbons (Fsp3) is 0.538. The minimum Gasteiger partial charge on any atom is -0.381 e. The Hall–Kier alpha value is -1.51. The van der Waals surface area contributed by atoms with E-state index >= 15 is 0 Å². The molecule has 0 aliphatic carbocycles. The first kappa shape index (κ1) is 15.5. The summed E-state index contributed by atoms with van der Waals surface area (Å²) in [4.78, 5) is 12.0. The van der Waals surface area contributed by atoms with E-state index in [0.29, 0.717) is 23.9 Å². The molecule has 0 aliphatic rings. The van der Waals surface area contributed by atoms with Crippen LogP contribution in [0.25, 0.3) is 0 Å². The van der Waals surface area contributed by atoms with E-state index in [0.717, 1.165) is 19.4 Å². The fourth-order valence-corrected chi connectivity index (χ4v) is 1.65. The highest BCUT2D eigenvalue weighted by Crippen LogP contribution is 2.14. The van der Waals surface area contributed by atoms with Gasteiger partial charge in [-0.2, -0.15) is 5.10 Å². The van der Waals surface area contributed by atoms with Crippen LogP contribution in [0.5, 0.6) is 0 Å². The van der Waals surface area contributed by atoms with E-state index < -0.39 is 0 Å². The van der Waals surface area contributed by atoms with Crippen molar-refractivity contribution in [2.75, 3.05) is 25.1 Å². The van der Waals surface area contributed by atoms with E-state index in [-0.39, 0.29) is 12.1 Å². The Bertz CT molecular complexity index is 494. The minimum atomic E-state index is -0.306. The molecular weight excluding hydrogens is 266 g/mol. The first-order valence-corrected chi connectivity index (χ1v) is 6.59. The molecule has 1 heterocycles. The van der Waals surface area contributed by atoms with Gasteiger partial charge in [-0.05, 0) is 12.8 Å². The summed E-state index contributed by atoms with van der Waals surface area (Å²) in [7, 11) is 0. The van der Waals surface area contributed by atoms with E-state index in [2.05, 4.69) is 23.3 Å². The van der Waals surface area contributed by atoms with Crippen molar-refractivity contribution in [2.24, 2.45) is 0 Å². The molecule has 0 amide bonds. The maximum Gasteiger partial charge on any atom is 0.292 e. The van der Waals surface area contributed by atoms with Gasteiger partial charge in [0.05, 0.1) is 11.2 Å². The molecule has 0 spiro atoms. The zero-order valence-corrected chi connectivity index (χ0v) is 11.7. The molecule has 0 atom stereocenters. The van der Waals surface area contributed by atoms with Gasteiger partial charge in [0, 0.05) is 19.8 Å². The predicted octanol–water partition coefficient (Wildman–Crippen LogP) is 1.76. The second-order valence-electron chi connectivity index (χ2n) is 3.93. The molecule has 1 aromatic rings. The number of terminal acetylenes is 1. The lowest BCUT2D eigenvalue weighted by Gasteiger charge is -2.09. The van der Waals surface area contributed by atoms with Crippen molar-refractivity contribution < 1.29 is 4.74 Å². The molecule has 0 saturated heterocycles. The number of ether oxygens (including phenoxy) is 1. The van der Waals surface area contributed by atoms with Gasteiger partial charge in [0.1, 0.15) is 12.2 Å². The third-order valence-electron chi connectivity index (χ3n) is 2.35. The zero-order valence-electron chi connectivity index (χ0n) is 11.0. The van der Waals surface area contributed by atoms with Gasteiger partial charge in [0.25, 0.3) is 5.56 Å². The number of rotatable bonds is 8. The summed E-state index contributed by atoms with van der Waals surface area (Å²) in [5.74, 6) is 2.37. The van der Waals surface area contributed by atoms with Crippen LogP contribution < -0.4 is 10.9 Å². The number of halogens is 1. The predicted molar refractivity (Wildman–Crippen MR) is 76.6 cm³/mol. The molecule has 0 saturated carbocycles. The van der Waals surface area contributed by atoms with Gasteiger partial charge in [-0.25, -0.2) is 4.68 Å². The topological polar surface area (TPSA) is 56.1 Å². The van der Waals surface area contributed by atoms with Gasteiger partial charge in [0.15, 0.2) is 0 Å². The summed E-state index contributed by atoms with van der Waals surface area (Å²) in [6, 6.07) is 0. The highest BCUT2D eigenvalue weighted by Gasteiger charge is 2.08. The van der Waals surface area contributed by atoms with Crippen LogP contribution in [0.1, 0.15) is 19.8 Å². The lowest BCUT2D eigenvalue weighted by molar-refractivity contribution is 0.134. The number of nitrogens with zero attached hydrogens (tertiary/aromatic N) is 2. The molecule has 1 aromatic heterocycles. The van der Waals surface area contributed by atoms with E-state index in [1.807, 2.05) is 0 Å². The number of aromatic nitrogens is 2. The summed E-state index contributed by atoms with van der Waals surface area (Å²) < 4.78 is 6.54. The van der Waals surface area contributed by atoms with Crippen LogP contribution in [0.3, 0.4) is 0 Å². The second-order valence-corrected chi connectivity index (χ2v) is 4.33. The highest BCUT2D eigenvalue weighted by molar-refractivity contribution is 6.32. The Labute approximate surface area is 117 Å². The minimum absolute atomic E-state index is 0.129. The third kappa shape index (κ3) is 4.93. The van der Waals surface area contributed by atoms with Crippen LogP contribution in [-0.4, -0.2) is 29.5 Å². The van der Waals surface area contributed by atoms with Crippen molar-refractivity contribution in [3.05, 3.63) is 21.6 Å².